The van der Waals surface area contributed by atoms with E-state index in [-0.39, 0.29) is 11.9 Å². The summed E-state index contributed by atoms with van der Waals surface area (Å²) in [5.41, 5.74) is 6.67. The Morgan fingerprint density at radius 2 is 1.50 bits per heavy atom. The molecule has 0 spiro atoms. The highest BCUT2D eigenvalue weighted by atomic mass is 16.5. The molecule has 0 saturated heterocycles. The van der Waals surface area contributed by atoms with Gasteiger partial charge in [0.15, 0.2) is 0 Å². The molecule has 0 saturated carbocycles. The number of ether oxygens (including phenoxy) is 1. The van der Waals surface area contributed by atoms with Crippen molar-refractivity contribution in [3.05, 3.63) is 75.9 Å². The van der Waals surface area contributed by atoms with E-state index in [0.29, 0.717) is 5.76 Å². The topological polar surface area (TPSA) is 26.3 Å². The van der Waals surface area contributed by atoms with Crippen LogP contribution in [0.25, 0.3) is 5.76 Å². The van der Waals surface area contributed by atoms with Crippen molar-refractivity contribution in [2.45, 2.75) is 33.6 Å². The molecule has 2 aromatic carbocycles. The van der Waals surface area contributed by atoms with E-state index < -0.39 is 0 Å². The maximum atomic E-state index is 12.3. The largest absolute Gasteiger partial charge is 0.425 e. The van der Waals surface area contributed by atoms with Gasteiger partial charge in [0, 0.05) is 5.56 Å². The van der Waals surface area contributed by atoms with Crippen LogP contribution in [0.4, 0.5) is 0 Å². The Labute approximate surface area is 131 Å². The third kappa shape index (κ3) is 2.57. The van der Waals surface area contributed by atoms with Crippen molar-refractivity contribution in [1.29, 1.82) is 0 Å². The first-order valence-electron chi connectivity index (χ1n) is 7.54. The highest BCUT2D eigenvalue weighted by Crippen LogP contribution is 2.35. The van der Waals surface area contributed by atoms with Crippen molar-refractivity contribution < 1.29 is 9.53 Å². The van der Waals surface area contributed by atoms with E-state index in [1.807, 2.05) is 44.2 Å². The molecule has 0 fully saturated rings. The SMILES string of the molecule is Cc1ccc(C2=CC(c3ccc(C)cc3C)C(=O)O2)c(C)c1. The molecule has 0 bridgehead atoms. The Bertz CT molecular complexity index is 784. The van der Waals surface area contributed by atoms with E-state index in [2.05, 4.69) is 26.0 Å². The first-order valence-corrected chi connectivity index (χ1v) is 7.54. The zero-order chi connectivity index (χ0) is 15.9. The Kier molecular flexibility index (Phi) is 3.61. The first-order chi connectivity index (χ1) is 10.5. The molecule has 112 valence electrons. The molecule has 0 aliphatic carbocycles. The van der Waals surface area contributed by atoms with Crippen LogP contribution in [0.1, 0.15) is 39.3 Å². The molecule has 3 rings (SSSR count). The van der Waals surface area contributed by atoms with E-state index in [4.69, 9.17) is 4.74 Å². The highest BCUT2D eigenvalue weighted by molar-refractivity contribution is 5.92. The summed E-state index contributed by atoms with van der Waals surface area (Å²) in [4.78, 5) is 12.3. The van der Waals surface area contributed by atoms with Crippen LogP contribution in [-0.4, -0.2) is 5.97 Å². The molecule has 1 atom stereocenters. The maximum Gasteiger partial charge on any atom is 0.322 e. The molecule has 0 radical (unpaired) electrons. The van der Waals surface area contributed by atoms with Crippen molar-refractivity contribution in [3.8, 4) is 0 Å². The van der Waals surface area contributed by atoms with Crippen LogP contribution in [0, 0.1) is 27.7 Å². The van der Waals surface area contributed by atoms with Crippen LogP contribution < -0.4 is 0 Å². The van der Waals surface area contributed by atoms with Crippen LogP contribution in [0.15, 0.2) is 42.5 Å². The zero-order valence-electron chi connectivity index (χ0n) is 13.4. The number of carbonyl (C=O) groups excluding carboxylic acids is 1. The van der Waals surface area contributed by atoms with Gasteiger partial charge in [0.1, 0.15) is 11.7 Å². The van der Waals surface area contributed by atoms with Crippen molar-refractivity contribution in [2.24, 2.45) is 0 Å². The minimum absolute atomic E-state index is 0.193. The summed E-state index contributed by atoms with van der Waals surface area (Å²) in [5, 5.41) is 0. The van der Waals surface area contributed by atoms with Gasteiger partial charge in [-0.05, 0) is 50.5 Å². The summed E-state index contributed by atoms with van der Waals surface area (Å²) < 4.78 is 5.54. The molecule has 0 aromatic heterocycles. The lowest BCUT2D eigenvalue weighted by atomic mass is 9.93. The quantitative estimate of drug-likeness (QED) is 0.756. The predicted molar refractivity (Wildman–Crippen MR) is 88.6 cm³/mol. The Morgan fingerprint density at radius 3 is 2.14 bits per heavy atom. The molecule has 2 nitrogen and oxygen atoms in total. The Balaban J connectivity index is 2.01. The van der Waals surface area contributed by atoms with Gasteiger partial charge in [-0.3, -0.25) is 4.79 Å². The van der Waals surface area contributed by atoms with Crippen molar-refractivity contribution in [1.82, 2.24) is 0 Å². The number of aryl methyl sites for hydroxylation is 4. The third-order valence-corrected chi connectivity index (χ3v) is 4.19. The lowest BCUT2D eigenvalue weighted by Crippen LogP contribution is -2.08. The van der Waals surface area contributed by atoms with Crippen molar-refractivity contribution in [3.63, 3.8) is 0 Å². The first kappa shape index (κ1) is 14.6. The van der Waals surface area contributed by atoms with Crippen LogP contribution >= 0.6 is 0 Å². The van der Waals surface area contributed by atoms with Gasteiger partial charge < -0.3 is 4.74 Å². The standard InChI is InChI=1S/C20H20O2/c1-12-5-7-16(14(3)9-12)18-11-19(22-20(18)21)17-8-6-13(2)10-15(17)4/h5-11,18H,1-4H3. The normalized spacial score (nSPS) is 17.4. The summed E-state index contributed by atoms with van der Waals surface area (Å²) >= 11 is 0. The second kappa shape index (κ2) is 5.45. The van der Waals surface area contributed by atoms with Gasteiger partial charge in [0.2, 0.25) is 0 Å². The van der Waals surface area contributed by atoms with Crippen LogP contribution in [0.3, 0.4) is 0 Å². The molecule has 2 aromatic rings. The van der Waals surface area contributed by atoms with Gasteiger partial charge >= 0.3 is 5.97 Å². The summed E-state index contributed by atoms with van der Waals surface area (Å²) in [6.45, 7) is 8.20. The second-order valence-corrected chi connectivity index (χ2v) is 6.11. The fraction of sp³-hybridized carbons (Fsp3) is 0.250. The molecular weight excluding hydrogens is 272 g/mol. The summed E-state index contributed by atoms with van der Waals surface area (Å²) in [5.74, 6) is 0.172. The molecule has 22 heavy (non-hydrogen) atoms. The second-order valence-electron chi connectivity index (χ2n) is 6.11. The van der Waals surface area contributed by atoms with E-state index in [0.717, 1.165) is 22.3 Å². The predicted octanol–water partition coefficient (Wildman–Crippen LogP) is 4.60. The molecular formula is C20H20O2. The smallest absolute Gasteiger partial charge is 0.322 e. The number of cyclic esters (lactones) is 1. The number of rotatable bonds is 2. The number of esters is 1. The lowest BCUT2D eigenvalue weighted by Gasteiger charge is -2.09. The Hall–Kier alpha value is -2.35. The van der Waals surface area contributed by atoms with Gasteiger partial charge in [-0.15, -0.1) is 0 Å². The van der Waals surface area contributed by atoms with Gasteiger partial charge in [-0.25, -0.2) is 0 Å². The fourth-order valence-electron chi connectivity index (χ4n) is 3.05. The number of hydrogen-bond acceptors (Lipinski definition) is 2. The molecule has 2 heteroatoms. The van der Waals surface area contributed by atoms with E-state index >= 15 is 0 Å². The average Bonchev–Trinajstić information content (AvgIpc) is 2.80. The minimum atomic E-state index is -0.309. The van der Waals surface area contributed by atoms with Gasteiger partial charge in [0.05, 0.1) is 0 Å². The van der Waals surface area contributed by atoms with E-state index in [9.17, 15) is 4.79 Å². The van der Waals surface area contributed by atoms with E-state index in [1.54, 1.807) is 0 Å². The van der Waals surface area contributed by atoms with E-state index in [1.165, 1.54) is 11.1 Å². The highest BCUT2D eigenvalue weighted by Gasteiger charge is 2.30. The lowest BCUT2D eigenvalue weighted by molar-refractivity contribution is -0.135. The molecule has 0 amide bonds. The summed E-state index contributed by atoms with van der Waals surface area (Å²) in [7, 11) is 0. The molecule has 1 heterocycles. The average molecular weight is 292 g/mol. The van der Waals surface area contributed by atoms with Crippen molar-refractivity contribution >= 4 is 11.7 Å². The number of carbonyl (C=O) groups is 1. The zero-order valence-corrected chi connectivity index (χ0v) is 13.4. The van der Waals surface area contributed by atoms with Crippen molar-refractivity contribution in [2.75, 3.05) is 0 Å². The molecule has 1 aliphatic heterocycles. The molecule has 0 N–H and O–H groups in total. The molecule has 1 aliphatic rings. The Morgan fingerprint density at radius 1 is 0.864 bits per heavy atom. The van der Waals surface area contributed by atoms with Crippen LogP contribution in [0.2, 0.25) is 0 Å². The maximum absolute atomic E-state index is 12.3. The van der Waals surface area contributed by atoms with Gasteiger partial charge in [-0.1, -0.05) is 47.5 Å². The monoisotopic (exact) mass is 292 g/mol. The summed E-state index contributed by atoms with van der Waals surface area (Å²) in [6, 6.07) is 12.3. The third-order valence-electron chi connectivity index (χ3n) is 4.19. The van der Waals surface area contributed by atoms with Crippen LogP contribution in [0.5, 0.6) is 0 Å². The van der Waals surface area contributed by atoms with Gasteiger partial charge in [-0.2, -0.15) is 0 Å². The number of benzene rings is 2. The molecule has 1 unspecified atom stereocenters. The van der Waals surface area contributed by atoms with Crippen LogP contribution in [-0.2, 0) is 9.53 Å². The summed E-state index contributed by atoms with van der Waals surface area (Å²) in [6.07, 6.45) is 1.94. The fourth-order valence-corrected chi connectivity index (χ4v) is 3.05. The number of hydrogen-bond donors (Lipinski definition) is 0. The van der Waals surface area contributed by atoms with Gasteiger partial charge in [0.25, 0.3) is 0 Å². The minimum Gasteiger partial charge on any atom is -0.425 e.